The molecular formula is C17H26FeO2Si-6. The molecule has 0 radical (unpaired) electrons. The zero-order valence-corrected chi connectivity index (χ0v) is 15.3. The fourth-order valence-electron chi connectivity index (χ4n) is 1.98. The van der Waals surface area contributed by atoms with Crippen molar-refractivity contribution in [2.45, 2.75) is 32.7 Å². The Morgan fingerprint density at radius 3 is 2.19 bits per heavy atom. The van der Waals surface area contributed by atoms with Crippen LogP contribution < -0.4 is 5.19 Å². The summed E-state index contributed by atoms with van der Waals surface area (Å²) in [7, 11) is -1.22. The zero-order valence-electron chi connectivity index (χ0n) is 13.2. The van der Waals surface area contributed by atoms with Gasteiger partial charge in [-0.1, -0.05) is 19.6 Å². The van der Waals surface area contributed by atoms with Crippen molar-refractivity contribution in [2.75, 3.05) is 13.2 Å². The number of hydrogen-bond acceptors (Lipinski definition) is 2. The summed E-state index contributed by atoms with van der Waals surface area (Å²) < 4.78 is 5.52. The number of hydrogen-bond donors (Lipinski definition) is 1. The molecule has 0 bridgehead atoms. The predicted octanol–water partition coefficient (Wildman–Crippen LogP) is 3.25. The Morgan fingerprint density at radius 2 is 1.71 bits per heavy atom. The third-order valence-electron chi connectivity index (χ3n) is 2.97. The zero-order chi connectivity index (χ0) is 14.8. The van der Waals surface area contributed by atoms with Crippen molar-refractivity contribution in [1.29, 1.82) is 0 Å². The summed E-state index contributed by atoms with van der Waals surface area (Å²) in [6, 6.07) is 16.5. The van der Waals surface area contributed by atoms with Crippen LogP contribution in [0.3, 0.4) is 0 Å². The Bertz CT molecular complexity index is 426. The molecule has 0 heterocycles. The van der Waals surface area contributed by atoms with Crippen LogP contribution in [0, 0.1) is 0 Å². The van der Waals surface area contributed by atoms with Crippen LogP contribution in [0.5, 0.6) is 0 Å². The standard InChI is InChI=1S/C12H21O2Si.C5H5.Fe/c1-15(2,3)12-7-4-6-11(12)10-14-9-5-8-13;1-2-4-5-3-1;/h4,6-7,13H,5,8-10H2,1-3H3;1-5H;/q-1;-5;. The van der Waals surface area contributed by atoms with Crippen LogP contribution in [-0.2, 0) is 28.4 Å². The minimum atomic E-state index is -1.22. The van der Waals surface area contributed by atoms with Crippen LogP contribution in [0.15, 0.2) is 48.5 Å². The molecule has 0 spiro atoms. The molecule has 2 nitrogen and oxygen atoms in total. The van der Waals surface area contributed by atoms with Gasteiger partial charge in [0.1, 0.15) is 0 Å². The molecule has 21 heavy (non-hydrogen) atoms. The molecule has 0 unspecified atom stereocenters. The maximum Gasteiger partial charge on any atom is 0.0491 e. The molecule has 0 aromatic heterocycles. The van der Waals surface area contributed by atoms with Crippen molar-refractivity contribution in [2.24, 2.45) is 0 Å². The van der Waals surface area contributed by atoms with Crippen LogP contribution >= 0.6 is 0 Å². The van der Waals surface area contributed by atoms with Gasteiger partial charge in [-0.05, 0) is 6.42 Å². The first kappa shape index (κ1) is 20.4. The van der Waals surface area contributed by atoms with Crippen LogP contribution in [0.2, 0.25) is 19.6 Å². The monoisotopic (exact) mass is 346 g/mol. The van der Waals surface area contributed by atoms with E-state index < -0.39 is 8.07 Å². The maximum atomic E-state index is 8.63. The third kappa shape index (κ3) is 8.39. The molecule has 2 aromatic rings. The Balaban J connectivity index is 0.000000562. The van der Waals surface area contributed by atoms with Crippen molar-refractivity contribution in [3.8, 4) is 0 Å². The van der Waals surface area contributed by atoms with E-state index in [1.54, 1.807) is 0 Å². The number of ether oxygens (including phenoxy) is 1. The van der Waals surface area contributed by atoms with Crippen molar-refractivity contribution in [1.82, 2.24) is 0 Å². The van der Waals surface area contributed by atoms with E-state index in [-0.39, 0.29) is 23.7 Å². The number of aliphatic hydroxyl groups is 1. The quantitative estimate of drug-likeness (QED) is 0.494. The van der Waals surface area contributed by atoms with E-state index in [9.17, 15) is 0 Å². The molecule has 0 aliphatic heterocycles. The average molecular weight is 346 g/mol. The van der Waals surface area contributed by atoms with Gasteiger partial charge in [0.25, 0.3) is 0 Å². The van der Waals surface area contributed by atoms with Crippen molar-refractivity contribution >= 4 is 13.3 Å². The summed E-state index contributed by atoms with van der Waals surface area (Å²) in [4.78, 5) is 0. The van der Waals surface area contributed by atoms with Gasteiger partial charge in [0.2, 0.25) is 0 Å². The molecule has 2 rings (SSSR count). The van der Waals surface area contributed by atoms with Gasteiger partial charge in [-0.3, -0.25) is 0 Å². The molecule has 1 N–H and O–H groups in total. The van der Waals surface area contributed by atoms with Gasteiger partial charge in [-0.15, -0.1) is 5.56 Å². The molecule has 124 valence electrons. The van der Waals surface area contributed by atoms with Crippen molar-refractivity contribution < 1.29 is 26.9 Å². The SMILES string of the molecule is C[Si](C)(C)[c-]1cccc1COCCCO.[Fe].[cH-]1[cH-][cH-][cH-][cH-]1. The molecule has 0 fully saturated rings. The van der Waals surface area contributed by atoms with E-state index >= 15 is 0 Å². The Kier molecular flexibility index (Phi) is 10.7. The third-order valence-corrected chi connectivity index (χ3v) is 5.08. The number of rotatable bonds is 6. The van der Waals surface area contributed by atoms with E-state index in [2.05, 4.69) is 37.8 Å². The smallest absolute Gasteiger partial charge is 0.0491 e. The summed E-state index contributed by atoms with van der Waals surface area (Å²) in [5.41, 5.74) is 1.33. The van der Waals surface area contributed by atoms with E-state index in [0.717, 1.165) is 6.42 Å². The van der Waals surface area contributed by atoms with Crippen molar-refractivity contribution in [3.05, 3.63) is 54.1 Å². The first-order valence-electron chi connectivity index (χ1n) is 7.16. The number of aliphatic hydroxyl groups excluding tert-OH is 1. The molecule has 0 saturated heterocycles. The predicted molar refractivity (Wildman–Crippen MR) is 88.4 cm³/mol. The molecule has 2 aromatic carbocycles. The van der Waals surface area contributed by atoms with Crippen LogP contribution in [-0.4, -0.2) is 26.4 Å². The van der Waals surface area contributed by atoms with Gasteiger partial charge >= 0.3 is 0 Å². The summed E-state index contributed by atoms with van der Waals surface area (Å²) in [5, 5.41) is 10.1. The first-order valence-corrected chi connectivity index (χ1v) is 10.7. The summed E-state index contributed by atoms with van der Waals surface area (Å²) in [5.74, 6) is 0. The normalized spacial score (nSPS) is 10.5. The second-order valence-electron chi connectivity index (χ2n) is 5.81. The molecule has 0 aliphatic carbocycles. The Hall–Kier alpha value is -0.644. The van der Waals surface area contributed by atoms with Gasteiger partial charge in [0, 0.05) is 45.0 Å². The molecular weight excluding hydrogens is 320 g/mol. The largest absolute Gasteiger partial charge is 0.748 e. The molecule has 4 heteroatoms. The van der Waals surface area contributed by atoms with Crippen LogP contribution in [0.25, 0.3) is 0 Å². The fourth-order valence-corrected chi connectivity index (χ4v) is 3.70. The van der Waals surface area contributed by atoms with Gasteiger partial charge in [-0.2, -0.15) is 11.3 Å². The Morgan fingerprint density at radius 1 is 1.14 bits per heavy atom. The molecule has 0 atom stereocenters. The van der Waals surface area contributed by atoms with E-state index in [4.69, 9.17) is 9.84 Å². The van der Waals surface area contributed by atoms with Gasteiger partial charge in [-0.25, -0.2) is 12.1 Å². The van der Waals surface area contributed by atoms with Crippen molar-refractivity contribution in [3.63, 3.8) is 0 Å². The van der Waals surface area contributed by atoms with Gasteiger partial charge < -0.3 is 40.2 Å². The second-order valence-corrected chi connectivity index (χ2v) is 10.8. The van der Waals surface area contributed by atoms with Gasteiger partial charge in [0.05, 0.1) is 0 Å². The molecule has 0 aliphatic rings. The minimum Gasteiger partial charge on any atom is -0.748 e. The maximum absolute atomic E-state index is 8.63. The van der Waals surface area contributed by atoms with E-state index in [1.807, 2.05) is 30.3 Å². The van der Waals surface area contributed by atoms with Crippen LogP contribution in [0.4, 0.5) is 0 Å². The first-order chi connectivity index (χ1) is 9.55. The molecule has 0 saturated carbocycles. The van der Waals surface area contributed by atoms with E-state index in [0.29, 0.717) is 13.2 Å². The van der Waals surface area contributed by atoms with E-state index in [1.165, 1.54) is 10.8 Å². The van der Waals surface area contributed by atoms with Gasteiger partial charge in [0.15, 0.2) is 0 Å². The Labute approximate surface area is 140 Å². The fraction of sp³-hybridized carbons (Fsp3) is 0.412. The average Bonchev–Trinajstić information content (AvgIpc) is 3.07. The summed E-state index contributed by atoms with van der Waals surface area (Å²) >= 11 is 0. The van der Waals surface area contributed by atoms with Crippen LogP contribution in [0.1, 0.15) is 12.0 Å². The second kappa shape index (κ2) is 11.0. The summed E-state index contributed by atoms with van der Waals surface area (Å²) in [6.45, 7) is 8.58. The summed E-state index contributed by atoms with van der Waals surface area (Å²) in [6.07, 6.45) is 0.725. The minimum absolute atomic E-state index is 0. The molecule has 0 amide bonds. The topological polar surface area (TPSA) is 29.5 Å².